The van der Waals surface area contributed by atoms with E-state index >= 15 is 0 Å². The fraction of sp³-hybridized carbons (Fsp3) is 0.500. The average molecular weight is 144 g/mol. The second-order valence-electron chi connectivity index (χ2n) is 3.29. The SMILES string of the molecule is CC1(C)C=C(F)C=C(F)C1. The summed E-state index contributed by atoms with van der Waals surface area (Å²) in [7, 11) is 0. The molecule has 0 unspecified atom stereocenters. The lowest BCUT2D eigenvalue weighted by molar-refractivity contribution is 0.396. The van der Waals surface area contributed by atoms with Crippen LogP contribution in [0.2, 0.25) is 0 Å². The van der Waals surface area contributed by atoms with Crippen molar-refractivity contribution in [2.45, 2.75) is 20.3 Å². The lowest BCUT2D eigenvalue weighted by Crippen LogP contribution is -2.10. The monoisotopic (exact) mass is 144 g/mol. The third-order valence-corrected chi connectivity index (χ3v) is 1.45. The summed E-state index contributed by atoms with van der Waals surface area (Å²) in [4.78, 5) is 0. The predicted molar refractivity (Wildman–Crippen MR) is 36.8 cm³/mol. The Bertz CT molecular complexity index is 199. The van der Waals surface area contributed by atoms with E-state index in [1.54, 1.807) is 13.8 Å². The molecule has 0 aromatic carbocycles. The highest BCUT2D eigenvalue weighted by atomic mass is 19.1. The van der Waals surface area contributed by atoms with Crippen LogP contribution in [0.15, 0.2) is 23.8 Å². The standard InChI is InChI=1S/C8H10F2/c1-8(2)4-6(9)3-7(10)5-8/h3-4H,5H2,1-2H3. The number of hydrogen-bond acceptors (Lipinski definition) is 0. The summed E-state index contributed by atoms with van der Waals surface area (Å²) in [5, 5.41) is 0. The second-order valence-corrected chi connectivity index (χ2v) is 3.29. The topological polar surface area (TPSA) is 0 Å². The molecular formula is C8H10F2. The van der Waals surface area contributed by atoms with Gasteiger partial charge in [-0.3, -0.25) is 0 Å². The van der Waals surface area contributed by atoms with Crippen molar-refractivity contribution < 1.29 is 8.78 Å². The summed E-state index contributed by atoms with van der Waals surface area (Å²) in [5.41, 5.74) is -0.358. The molecule has 1 aliphatic rings. The highest BCUT2D eigenvalue weighted by Crippen LogP contribution is 2.33. The number of rotatable bonds is 0. The van der Waals surface area contributed by atoms with Crippen molar-refractivity contribution in [1.29, 1.82) is 0 Å². The smallest absolute Gasteiger partial charge is 0.122 e. The van der Waals surface area contributed by atoms with E-state index in [9.17, 15) is 8.78 Å². The van der Waals surface area contributed by atoms with E-state index in [1.165, 1.54) is 6.08 Å². The molecule has 0 heterocycles. The van der Waals surface area contributed by atoms with Gasteiger partial charge in [-0.05, 0) is 11.5 Å². The fourth-order valence-electron chi connectivity index (χ4n) is 1.10. The molecule has 0 radical (unpaired) electrons. The molecule has 0 saturated heterocycles. The van der Waals surface area contributed by atoms with Gasteiger partial charge in [-0.1, -0.05) is 13.8 Å². The molecule has 1 rings (SSSR count). The summed E-state index contributed by atoms with van der Waals surface area (Å²) < 4.78 is 25.0. The van der Waals surface area contributed by atoms with Gasteiger partial charge in [0.25, 0.3) is 0 Å². The molecule has 0 bridgehead atoms. The van der Waals surface area contributed by atoms with Crippen LogP contribution in [0.25, 0.3) is 0 Å². The van der Waals surface area contributed by atoms with E-state index in [-0.39, 0.29) is 11.2 Å². The second kappa shape index (κ2) is 2.19. The Balaban J connectivity index is 2.88. The van der Waals surface area contributed by atoms with Crippen molar-refractivity contribution in [2.75, 3.05) is 0 Å². The van der Waals surface area contributed by atoms with E-state index in [1.807, 2.05) is 0 Å². The van der Waals surface area contributed by atoms with Gasteiger partial charge in [0.1, 0.15) is 11.7 Å². The maximum atomic E-state index is 12.5. The van der Waals surface area contributed by atoms with E-state index in [2.05, 4.69) is 0 Å². The van der Waals surface area contributed by atoms with Crippen LogP contribution < -0.4 is 0 Å². The zero-order valence-electron chi connectivity index (χ0n) is 6.12. The van der Waals surface area contributed by atoms with Gasteiger partial charge in [0, 0.05) is 12.5 Å². The van der Waals surface area contributed by atoms with Gasteiger partial charge in [-0.15, -0.1) is 0 Å². The number of hydrogen-bond donors (Lipinski definition) is 0. The highest BCUT2D eigenvalue weighted by Gasteiger charge is 2.22. The van der Waals surface area contributed by atoms with Crippen LogP contribution in [0, 0.1) is 5.41 Å². The van der Waals surface area contributed by atoms with Crippen molar-refractivity contribution in [2.24, 2.45) is 5.41 Å². The minimum Gasteiger partial charge on any atom is -0.212 e. The lowest BCUT2D eigenvalue weighted by Gasteiger charge is -2.21. The van der Waals surface area contributed by atoms with Crippen molar-refractivity contribution in [1.82, 2.24) is 0 Å². The molecule has 0 atom stereocenters. The molecule has 0 fully saturated rings. The Hall–Kier alpha value is -0.660. The largest absolute Gasteiger partial charge is 0.212 e. The summed E-state index contributed by atoms with van der Waals surface area (Å²) >= 11 is 0. The van der Waals surface area contributed by atoms with Gasteiger partial charge in [-0.2, -0.15) is 0 Å². The molecule has 0 nitrogen and oxygen atoms in total. The highest BCUT2D eigenvalue weighted by molar-refractivity contribution is 5.23. The van der Waals surface area contributed by atoms with Crippen molar-refractivity contribution in [3.05, 3.63) is 23.8 Å². The van der Waals surface area contributed by atoms with E-state index in [4.69, 9.17) is 0 Å². The van der Waals surface area contributed by atoms with Gasteiger partial charge in [0.2, 0.25) is 0 Å². The minimum absolute atomic E-state index is 0.306. The zero-order valence-corrected chi connectivity index (χ0v) is 6.12. The van der Waals surface area contributed by atoms with Gasteiger partial charge >= 0.3 is 0 Å². The normalized spacial score (nSPS) is 23.6. The first-order valence-electron chi connectivity index (χ1n) is 3.24. The fourth-order valence-corrected chi connectivity index (χ4v) is 1.10. The van der Waals surface area contributed by atoms with E-state index < -0.39 is 5.83 Å². The third-order valence-electron chi connectivity index (χ3n) is 1.45. The molecule has 0 amide bonds. The molecule has 0 aromatic heterocycles. The summed E-state index contributed by atoms with van der Waals surface area (Å²) in [6.45, 7) is 3.61. The van der Waals surface area contributed by atoms with Gasteiger partial charge in [-0.25, -0.2) is 8.78 Å². The van der Waals surface area contributed by atoms with E-state index in [0.29, 0.717) is 6.42 Å². The maximum absolute atomic E-state index is 12.5. The molecule has 1 aliphatic carbocycles. The van der Waals surface area contributed by atoms with Crippen LogP contribution in [-0.2, 0) is 0 Å². The van der Waals surface area contributed by atoms with Crippen LogP contribution in [0.3, 0.4) is 0 Å². The first-order chi connectivity index (χ1) is 4.49. The molecule has 2 heteroatoms. The summed E-state index contributed by atoms with van der Waals surface area (Å²) in [6, 6.07) is 0. The van der Waals surface area contributed by atoms with Crippen molar-refractivity contribution >= 4 is 0 Å². The zero-order chi connectivity index (χ0) is 7.78. The quantitative estimate of drug-likeness (QED) is 0.490. The first-order valence-corrected chi connectivity index (χ1v) is 3.24. The Morgan fingerprint density at radius 1 is 1.40 bits per heavy atom. The van der Waals surface area contributed by atoms with Crippen LogP contribution in [0.1, 0.15) is 20.3 Å². The molecule has 0 spiro atoms. The molecule has 10 heavy (non-hydrogen) atoms. The molecule has 0 N–H and O–H groups in total. The molecule has 0 aromatic rings. The number of halogens is 2. The number of allylic oxidation sites excluding steroid dienone is 4. The molecular weight excluding hydrogens is 134 g/mol. The average Bonchev–Trinajstić information content (AvgIpc) is 1.54. The maximum Gasteiger partial charge on any atom is 0.122 e. The summed E-state index contributed by atoms with van der Waals surface area (Å²) in [6.07, 6.45) is 2.68. The Morgan fingerprint density at radius 2 is 2.00 bits per heavy atom. The van der Waals surface area contributed by atoms with Crippen molar-refractivity contribution in [3.8, 4) is 0 Å². The van der Waals surface area contributed by atoms with Gasteiger partial charge in [0.05, 0.1) is 0 Å². The minimum atomic E-state index is -0.464. The Morgan fingerprint density at radius 3 is 2.40 bits per heavy atom. The Kier molecular flexibility index (Phi) is 1.63. The molecule has 0 aliphatic heterocycles. The van der Waals surface area contributed by atoms with Crippen LogP contribution in [-0.4, -0.2) is 0 Å². The summed E-state index contributed by atoms with van der Waals surface area (Å²) in [5.74, 6) is -0.834. The van der Waals surface area contributed by atoms with Gasteiger partial charge in [0.15, 0.2) is 0 Å². The first kappa shape index (κ1) is 7.45. The lowest BCUT2D eigenvalue weighted by atomic mass is 9.85. The third kappa shape index (κ3) is 1.66. The van der Waals surface area contributed by atoms with Crippen LogP contribution >= 0.6 is 0 Å². The molecule has 0 saturated carbocycles. The van der Waals surface area contributed by atoms with E-state index in [0.717, 1.165) is 6.08 Å². The predicted octanol–water partition coefficient (Wildman–Crippen LogP) is 3.12. The van der Waals surface area contributed by atoms with Crippen LogP contribution in [0.5, 0.6) is 0 Å². The van der Waals surface area contributed by atoms with Crippen molar-refractivity contribution in [3.63, 3.8) is 0 Å². The van der Waals surface area contributed by atoms with Gasteiger partial charge < -0.3 is 0 Å². The van der Waals surface area contributed by atoms with Crippen LogP contribution in [0.4, 0.5) is 8.78 Å². The molecule has 56 valence electrons. The Labute approximate surface area is 59.2 Å².